The Bertz CT molecular complexity index is 499. The highest BCUT2D eigenvalue weighted by Crippen LogP contribution is 2.43. The van der Waals surface area contributed by atoms with Gasteiger partial charge in [-0.2, -0.15) is 0 Å². The van der Waals surface area contributed by atoms with E-state index < -0.39 is 11.5 Å². The number of hydrogen-bond acceptors (Lipinski definition) is 3. The summed E-state index contributed by atoms with van der Waals surface area (Å²) in [7, 11) is 0. The fraction of sp³-hybridized carbons (Fsp3) is 0.562. The Morgan fingerprint density at radius 2 is 2.15 bits per heavy atom. The summed E-state index contributed by atoms with van der Waals surface area (Å²) in [6, 6.07) is 6.33. The summed E-state index contributed by atoms with van der Waals surface area (Å²) in [6.45, 7) is 6.83. The molecule has 3 nitrogen and oxygen atoms in total. The van der Waals surface area contributed by atoms with E-state index in [2.05, 4.69) is 37.4 Å². The second-order valence-corrected chi connectivity index (χ2v) is 6.66. The first-order valence-corrected chi connectivity index (χ1v) is 8.16. The second kappa shape index (κ2) is 6.19. The number of thioether (sulfide) groups is 1. The zero-order valence-electron chi connectivity index (χ0n) is 12.4. The molecule has 110 valence electrons. The third kappa shape index (κ3) is 3.18. The lowest BCUT2D eigenvalue weighted by Gasteiger charge is -2.30. The Labute approximate surface area is 125 Å². The summed E-state index contributed by atoms with van der Waals surface area (Å²) < 4.78 is 0. The molecule has 0 aliphatic heterocycles. The standard InChI is InChI=1S/C16H23NO2S/c1-4-17-16(15(18)19,13-6-7-13)10-20-14-8-5-11(2)9-12(14)3/h5,8-9,13,17H,4,6-7,10H2,1-3H3,(H,18,19). The average Bonchev–Trinajstić information content (AvgIpc) is 3.20. The number of carboxylic acids is 1. The van der Waals surface area contributed by atoms with Gasteiger partial charge in [-0.25, -0.2) is 0 Å². The Kier molecular flexibility index (Phi) is 4.76. The maximum absolute atomic E-state index is 11.8. The van der Waals surface area contributed by atoms with Gasteiger partial charge < -0.3 is 10.4 Å². The zero-order valence-corrected chi connectivity index (χ0v) is 13.2. The maximum Gasteiger partial charge on any atom is 0.325 e. The molecule has 4 heteroatoms. The van der Waals surface area contributed by atoms with Crippen molar-refractivity contribution in [1.82, 2.24) is 5.32 Å². The average molecular weight is 293 g/mol. The van der Waals surface area contributed by atoms with Crippen LogP contribution in [0.3, 0.4) is 0 Å². The summed E-state index contributed by atoms with van der Waals surface area (Å²) in [5.74, 6) is 0.155. The van der Waals surface area contributed by atoms with Gasteiger partial charge in [0.15, 0.2) is 0 Å². The topological polar surface area (TPSA) is 49.3 Å². The largest absolute Gasteiger partial charge is 0.480 e. The molecule has 1 aliphatic rings. The molecule has 2 rings (SSSR count). The molecule has 0 saturated heterocycles. The molecule has 0 aromatic heterocycles. The van der Waals surface area contributed by atoms with Gasteiger partial charge >= 0.3 is 5.97 Å². The molecule has 2 N–H and O–H groups in total. The smallest absolute Gasteiger partial charge is 0.325 e. The summed E-state index contributed by atoms with van der Waals surface area (Å²) in [5, 5.41) is 12.9. The van der Waals surface area contributed by atoms with Crippen LogP contribution >= 0.6 is 11.8 Å². The minimum Gasteiger partial charge on any atom is -0.480 e. The lowest BCUT2D eigenvalue weighted by atomic mass is 9.96. The van der Waals surface area contributed by atoms with E-state index in [9.17, 15) is 9.90 Å². The van der Waals surface area contributed by atoms with Gasteiger partial charge in [0.25, 0.3) is 0 Å². The number of carbonyl (C=O) groups is 1. The highest BCUT2D eigenvalue weighted by atomic mass is 32.2. The van der Waals surface area contributed by atoms with Gasteiger partial charge in [0.1, 0.15) is 5.54 Å². The fourth-order valence-corrected chi connectivity index (χ4v) is 3.96. The first-order valence-electron chi connectivity index (χ1n) is 7.18. The van der Waals surface area contributed by atoms with Gasteiger partial charge in [-0.1, -0.05) is 24.6 Å². The van der Waals surface area contributed by atoms with Crippen molar-refractivity contribution in [2.75, 3.05) is 12.3 Å². The summed E-state index contributed by atoms with van der Waals surface area (Å²) in [5.41, 5.74) is 1.70. The third-order valence-electron chi connectivity index (χ3n) is 3.93. The van der Waals surface area contributed by atoms with E-state index in [0.717, 1.165) is 12.8 Å². The van der Waals surface area contributed by atoms with Crippen molar-refractivity contribution < 1.29 is 9.90 Å². The van der Waals surface area contributed by atoms with Crippen LogP contribution in [0.2, 0.25) is 0 Å². The van der Waals surface area contributed by atoms with Gasteiger partial charge in [-0.15, -0.1) is 11.8 Å². The molecule has 1 aromatic rings. The number of benzene rings is 1. The Morgan fingerprint density at radius 3 is 2.65 bits per heavy atom. The van der Waals surface area contributed by atoms with Crippen molar-refractivity contribution in [3.8, 4) is 0 Å². The Morgan fingerprint density at radius 1 is 1.45 bits per heavy atom. The molecule has 0 heterocycles. The lowest BCUT2D eigenvalue weighted by molar-refractivity contribution is -0.144. The van der Waals surface area contributed by atoms with Crippen LogP contribution in [0.4, 0.5) is 0 Å². The molecule has 0 spiro atoms. The normalized spacial score (nSPS) is 17.8. The first kappa shape index (κ1) is 15.4. The van der Waals surface area contributed by atoms with Crippen LogP contribution in [0.5, 0.6) is 0 Å². The van der Waals surface area contributed by atoms with E-state index in [0.29, 0.717) is 12.3 Å². The number of rotatable bonds is 7. The summed E-state index contributed by atoms with van der Waals surface area (Å²) >= 11 is 1.66. The van der Waals surface area contributed by atoms with Gasteiger partial charge in [0.2, 0.25) is 0 Å². The number of carboxylic acid groups (broad SMARTS) is 1. The quantitative estimate of drug-likeness (QED) is 0.758. The van der Waals surface area contributed by atoms with Crippen LogP contribution in [-0.4, -0.2) is 28.9 Å². The third-order valence-corrected chi connectivity index (χ3v) is 5.30. The minimum absolute atomic E-state index is 0.276. The number of aryl methyl sites for hydroxylation is 2. The van der Waals surface area contributed by atoms with Gasteiger partial charge in [-0.05, 0) is 50.8 Å². The summed E-state index contributed by atoms with van der Waals surface area (Å²) in [4.78, 5) is 13.0. The van der Waals surface area contributed by atoms with E-state index in [1.165, 1.54) is 16.0 Å². The molecule has 1 unspecified atom stereocenters. The number of likely N-dealkylation sites (N-methyl/N-ethyl adjacent to an activating group) is 1. The van der Waals surface area contributed by atoms with Crippen LogP contribution in [0.1, 0.15) is 30.9 Å². The molecular weight excluding hydrogens is 270 g/mol. The predicted octanol–water partition coefficient (Wildman–Crippen LogP) is 3.24. The molecule has 0 radical (unpaired) electrons. The maximum atomic E-state index is 11.8. The van der Waals surface area contributed by atoms with Crippen LogP contribution in [0, 0.1) is 19.8 Å². The van der Waals surface area contributed by atoms with Gasteiger partial charge in [-0.3, -0.25) is 4.79 Å². The van der Waals surface area contributed by atoms with Crippen molar-refractivity contribution in [1.29, 1.82) is 0 Å². The van der Waals surface area contributed by atoms with Crippen molar-refractivity contribution in [3.63, 3.8) is 0 Å². The molecule has 1 aliphatic carbocycles. The monoisotopic (exact) mass is 293 g/mol. The van der Waals surface area contributed by atoms with Gasteiger partial charge in [0.05, 0.1) is 0 Å². The van der Waals surface area contributed by atoms with Crippen molar-refractivity contribution in [2.24, 2.45) is 5.92 Å². The molecule has 1 atom stereocenters. The summed E-state index contributed by atoms with van der Waals surface area (Å²) in [6.07, 6.45) is 2.04. The van der Waals surface area contributed by atoms with Crippen molar-refractivity contribution in [3.05, 3.63) is 29.3 Å². The van der Waals surface area contributed by atoms with Crippen LogP contribution in [0.25, 0.3) is 0 Å². The van der Waals surface area contributed by atoms with E-state index in [-0.39, 0.29) is 5.92 Å². The number of aliphatic carboxylic acids is 1. The van der Waals surface area contributed by atoms with Crippen molar-refractivity contribution in [2.45, 2.75) is 44.0 Å². The van der Waals surface area contributed by atoms with Crippen LogP contribution < -0.4 is 5.32 Å². The van der Waals surface area contributed by atoms with Crippen LogP contribution in [0.15, 0.2) is 23.1 Å². The van der Waals surface area contributed by atoms with Gasteiger partial charge in [0, 0.05) is 10.6 Å². The minimum atomic E-state index is -0.767. The van der Waals surface area contributed by atoms with Crippen LogP contribution in [-0.2, 0) is 4.79 Å². The highest BCUT2D eigenvalue weighted by Gasteiger charge is 2.50. The lowest BCUT2D eigenvalue weighted by Crippen LogP contribution is -2.56. The Balaban J connectivity index is 2.14. The molecule has 0 amide bonds. The fourth-order valence-electron chi connectivity index (χ4n) is 2.67. The second-order valence-electron chi connectivity index (χ2n) is 5.64. The number of hydrogen-bond donors (Lipinski definition) is 2. The Hall–Kier alpha value is -1.00. The molecule has 0 bridgehead atoms. The highest BCUT2D eigenvalue weighted by molar-refractivity contribution is 7.99. The zero-order chi connectivity index (χ0) is 14.8. The molecule has 20 heavy (non-hydrogen) atoms. The molecule has 1 saturated carbocycles. The predicted molar refractivity (Wildman–Crippen MR) is 83.4 cm³/mol. The molecule has 1 fully saturated rings. The number of nitrogens with one attached hydrogen (secondary N) is 1. The first-order chi connectivity index (χ1) is 9.49. The van der Waals surface area contributed by atoms with E-state index in [1.54, 1.807) is 11.8 Å². The van der Waals surface area contributed by atoms with E-state index in [4.69, 9.17) is 0 Å². The van der Waals surface area contributed by atoms with E-state index >= 15 is 0 Å². The van der Waals surface area contributed by atoms with Crippen molar-refractivity contribution >= 4 is 17.7 Å². The molecule has 1 aromatic carbocycles. The van der Waals surface area contributed by atoms with E-state index in [1.807, 2.05) is 6.92 Å². The molecular formula is C16H23NO2S. The SMILES string of the molecule is CCNC(CSc1ccc(C)cc1C)(C(=O)O)C1CC1.